The molecule has 1 aliphatic heterocycles. The van der Waals surface area contributed by atoms with E-state index < -0.39 is 15.8 Å². The van der Waals surface area contributed by atoms with E-state index in [0.717, 1.165) is 5.56 Å². The third-order valence-corrected chi connectivity index (χ3v) is 5.24. The molecule has 21 heavy (non-hydrogen) atoms. The molecular weight excluding hydrogens is 294 g/mol. The van der Waals surface area contributed by atoms with Gasteiger partial charge in [-0.2, -0.15) is 0 Å². The summed E-state index contributed by atoms with van der Waals surface area (Å²) in [5.74, 6) is -1.28. The Morgan fingerprint density at radius 3 is 2.67 bits per heavy atom. The van der Waals surface area contributed by atoms with Crippen molar-refractivity contribution in [1.29, 1.82) is 0 Å². The molecule has 2 rings (SSSR count). The summed E-state index contributed by atoms with van der Waals surface area (Å²) in [6.45, 7) is 1.85. The average molecular weight is 311 g/mol. The predicted octanol–water partition coefficient (Wildman–Crippen LogP) is 1.10. The number of hydrogen-bond acceptors (Lipinski definition) is 4. The predicted molar refractivity (Wildman–Crippen MR) is 78.4 cm³/mol. The minimum absolute atomic E-state index is 0.0667. The molecule has 0 atom stereocenters. The van der Waals surface area contributed by atoms with Crippen molar-refractivity contribution in [3.63, 3.8) is 0 Å². The van der Waals surface area contributed by atoms with Crippen LogP contribution >= 0.6 is 0 Å². The van der Waals surface area contributed by atoms with Gasteiger partial charge in [-0.1, -0.05) is 13.0 Å². The van der Waals surface area contributed by atoms with Gasteiger partial charge in [0.15, 0.2) is 9.84 Å². The molecule has 1 aliphatic rings. The van der Waals surface area contributed by atoms with E-state index in [-0.39, 0.29) is 35.9 Å². The Kier molecular flexibility index (Phi) is 4.32. The maximum Gasteiger partial charge on any atom is 0.335 e. The molecule has 0 radical (unpaired) electrons. The molecule has 114 valence electrons. The zero-order valence-corrected chi connectivity index (χ0v) is 12.5. The molecule has 7 heteroatoms. The molecule has 0 aliphatic carbocycles. The highest BCUT2D eigenvalue weighted by Crippen LogP contribution is 2.29. The van der Waals surface area contributed by atoms with Crippen LogP contribution in [0.25, 0.3) is 0 Å². The third kappa shape index (κ3) is 3.41. The topological polar surface area (TPSA) is 91.8 Å². The lowest BCUT2D eigenvalue weighted by Gasteiger charge is -2.17. The second kappa shape index (κ2) is 5.85. The van der Waals surface area contributed by atoms with Crippen LogP contribution in [0.3, 0.4) is 0 Å². The van der Waals surface area contributed by atoms with Crippen LogP contribution in [0, 0.1) is 0 Å². The lowest BCUT2D eigenvalue weighted by Crippen LogP contribution is -2.32. The molecule has 1 aromatic rings. The molecule has 0 aromatic heterocycles. The number of carbonyl (C=O) groups is 2. The lowest BCUT2D eigenvalue weighted by molar-refractivity contribution is -0.117. The molecule has 1 amide bonds. The SMILES string of the molecule is CCCS(=O)(=O)CCN1C(=O)Cc2ccc(C(=O)O)cc21. The molecule has 0 saturated heterocycles. The Bertz CT molecular complexity index is 681. The van der Waals surface area contributed by atoms with Gasteiger partial charge in [-0.05, 0) is 24.1 Å². The van der Waals surface area contributed by atoms with E-state index in [9.17, 15) is 18.0 Å². The van der Waals surface area contributed by atoms with Gasteiger partial charge < -0.3 is 10.0 Å². The van der Waals surface area contributed by atoms with Gasteiger partial charge >= 0.3 is 5.97 Å². The van der Waals surface area contributed by atoms with Crippen molar-refractivity contribution in [1.82, 2.24) is 0 Å². The molecule has 6 nitrogen and oxygen atoms in total. The van der Waals surface area contributed by atoms with Crippen LogP contribution in [-0.2, 0) is 21.1 Å². The maximum absolute atomic E-state index is 12.0. The van der Waals surface area contributed by atoms with Crippen molar-refractivity contribution in [2.75, 3.05) is 23.0 Å². The van der Waals surface area contributed by atoms with Crippen molar-refractivity contribution >= 4 is 27.4 Å². The molecule has 0 bridgehead atoms. The van der Waals surface area contributed by atoms with Crippen LogP contribution < -0.4 is 4.90 Å². The number of hydrogen-bond donors (Lipinski definition) is 1. The minimum Gasteiger partial charge on any atom is -0.478 e. The van der Waals surface area contributed by atoms with Crippen molar-refractivity contribution in [2.24, 2.45) is 0 Å². The molecule has 0 fully saturated rings. The highest BCUT2D eigenvalue weighted by molar-refractivity contribution is 7.91. The van der Waals surface area contributed by atoms with E-state index in [1.54, 1.807) is 13.0 Å². The molecule has 1 heterocycles. The van der Waals surface area contributed by atoms with Gasteiger partial charge in [0, 0.05) is 18.0 Å². The smallest absolute Gasteiger partial charge is 0.335 e. The first kappa shape index (κ1) is 15.5. The number of nitrogens with zero attached hydrogens (tertiary/aromatic N) is 1. The normalized spacial score (nSPS) is 14.3. The van der Waals surface area contributed by atoms with Crippen molar-refractivity contribution in [3.05, 3.63) is 29.3 Å². The zero-order valence-electron chi connectivity index (χ0n) is 11.7. The third-order valence-electron chi connectivity index (χ3n) is 3.41. The standard InChI is InChI=1S/C14H17NO5S/c1-2-6-21(19,20)7-5-15-12-8-11(14(17)18)4-3-10(12)9-13(15)16/h3-4,8H,2,5-7,9H2,1H3,(H,17,18). The number of benzene rings is 1. The molecule has 1 N–H and O–H groups in total. The summed E-state index contributed by atoms with van der Waals surface area (Å²) in [4.78, 5) is 24.3. The van der Waals surface area contributed by atoms with Gasteiger partial charge in [0.25, 0.3) is 0 Å². The number of amides is 1. The van der Waals surface area contributed by atoms with Crippen LogP contribution in [0.5, 0.6) is 0 Å². The number of aromatic carboxylic acids is 1. The van der Waals surface area contributed by atoms with E-state index in [1.807, 2.05) is 0 Å². The summed E-state index contributed by atoms with van der Waals surface area (Å²) in [5.41, 5.74) is 1.33. The summed E-state index contributed by atoms with van der Waals surface area (Å²) in [7, 11) is -3.18. The maximum atomic E-state index is 12.0. The minimum atomic E-state index is -3.18. The van der Waals surface area contributed by atoms with Crippen LogP contribution in [0.15, 0.2) is 18.2 Å². The van der Waals surface area contributed by atoms with Crippen LogP contribution in [0.4, 0.5) is 5.69 Å². The van der Waals surface area contributed by atoms with Gasteiger partial charge in [-0.3, -0.25) is 4.79 Å². The quantitative estimate of drug-likeness (QED) is 0.849. The van der Waals surface area contributed by atoms with Crippen LogP contribution in [0.1, 0.15) is 29.3 Å². The van der Waals surface area contributed by atoms with Gasteiger partial charge in [0.05, 0.1) is 17.7 Å². The fourth-order valence-electron chi connectivity index (χ4n) is 2.38. The fraction of sp³-hybridized carbons (Fsp3) is 0.429. The number of carbonyl (C=O) groups excluding carboxylic acids is 1. The van der Waals surface area contributed by atoms with E-state index in [1.165, 1.54) is 17.0 Å². The Balaban J connectivity index is 2.21. The lowest BCUT2D eigenvalue weighted by atomic mass is 10.1. The molecule has 1 aromatic carbocycles. The monoisotopic (exact) mass is 311 g/mol. The number of carboxylic acids is 1. The second-order valence-corrected chi connectivity index (χ2v) is 7.33. The Morgan fingerprint density at radius 2 is 2.05 bits per heavy atom. The van der Waals surface area contributed by atoms with Crippen LogP contribution in [-0.4, -0.2) is 43.5 Å². The largest absolute Gasteiger partial charge is 0.478 e. The van der Waals surface area contributed by atoms with Gasteiger partial charge in [-0.15, -0.1) is 0 Å². The van der Waals surface area contributed by atoms with Gasteiger partial charge in [-0.25, -0.2) is 13.2 Å². The van der Waals surface area contributed by atoms with Crippen molar-refractivity contribution < 1.29 is 23.1 Å². The van der Waals surface area contributed by atoms with Crippen molar-refractivity contribution in [2.45, 2.75) is 19.8 Å². The Labute approximate surface area is 123 Å². The van der Waals surface area contributed by atoms with E-state index in [2.05, 4.69) is 0 Å². The first-order chi connectivity index (χ1) is 9.84. The van der Waals surface area contributed by atoms with E-state index >= 15 is 0 Å². The first-order valence-corrected chi connectivity index (χ1v) is 8.53. The highest BCUT2D eigenvalue weighted by Gasteiger charge is 2.29. The fourth-order valence-corrected chi connectivity index (χ4v) is 3.67. The number of anilines is 1. The summed E-state index contributed by atoms with van der Waals surface area (Å²) in [6, 6.07) is 4.48. The number of rotatable bonds is 6. The van der Waals surface area contributed by atoms with E-state index in [0.29, 0.717) is 12.1 Å². The van der Waals surface area contributed by atoms with Gasteiger partial charge in [0.1, 0.15) is 0 Å². The zero-order chi connectivity index (χ0) is 15.6. The van der Waals surface area contributed by atoms with Crippen molar-refractivity contribution in [3.8, 4) is 0 Å². The average Bonchev–Trinajstić information content (AvgIpc) is 2.71. The summed E-state index contributed by atoms with van der Waals surface area (Å²) in [5, 5.41) is 9.00. The number of carboxylic acid groups (broad SMARTS) is 1. The molecule has 0 saturated carbocycles. The summed E-state index contributed by atoms with van der Waals surface area (Å²) < 4.78 is 23.5. The number of fused-ring (bicyclic) bond motifs is 1. The molecule has 0 spiro atoms. The molecular formula is C14H17NO5S. The Hall–Kier alpha value is -1.89. The molecule has 0 unspecified atom stereocenters. The highest BCUT2D eigenvalue weighted by atomic mass is 32.2. The van der Waals surface area contributed by atoms with E-state index in [4.69, 9.17) is 5.11 Å². The first-order valence-electron chi connectivity index (χ1n) is 6.71. The van der Waals surface area contributed by atoms with Gasteiger partial charge in [0.2, 0.25) is 5.91 Å². The van der Waals surface area contributed by atoms with Crippen LogP contribution in [0.2, 0.25) is 0 Å². The second-order valence-electron chi connectivity index (χ2n) is 5.02. The number of sulfone groups is 1. The summed E-state index contributed by atoms with van der Waals surface area (Å²) >= 11 is 0. The summed E-state index contributed by atoms with van der Waals surface area (Å²) in [6.07, 6.45) is 0.721. The Morgan fingerprint density at radius 1 is 1.33 bits per heavy atom.